The van der Waals surface area contributed by atoms with Crippen molar-refractivity contribution in [3.63, 3.8) is 0 Å². The molecule has 20 heavy (non-hydrogen) atoms. The molecule has 1 saturated carbocycles. The van der Waals surface area contributed by atoms with Gasteiger partial charge in [-0.15, -0.1) is 0 Å². The zero-order chi connectivity index (χ0) is 14.9. The second-order valence-electron chi connectivity index (χ2n) is 5.75. The second-order valence-corrected chi connectivity index (χ2v) is 6.19. The van der Waals surface area contributed by atoms with Crippen LogP contribution in [-0.4, -0.2) is 30.2 Å². The first kappa shape index (κ1) is 14.9. The normalized spacial score (nSPS) is 23.8. The van der Waals surface area contributed by atoms with E-state index >= 15 is 0 Å². The van der Waals surface area contributed by atoms with Crippen molar-refractivity contribution in [3.8, 4) is 0 Å². The lowest BCUT2D eigenvalue weighted by Gasteiger charge is -2.51. The van der Waals surface area contributed by atoms with Crippen LogP contribution in [0, 0.1) is 5.41 Å². The van der Waals surface area contributed by atoms with Crippen LogP contribution in [0.1, 0.15) is 36.2 Å². The highest BCUT2D eigenvalue weighted by Crippen LogP contribution is 2.42. The fourth-order valence-corrected chi connectivity index (χ4v) is 2.69. The van der Waals surface area contributed by atoms with Crippen LogP contribution in [0.25, 0.3) is 0 Å². The summed E-state index contributed by atoms with van der Waals surface area (Å²) in [5.41, 5.74) is 6.87. The van der Waals surface area contributed by atoms with E-state index < -0.39 is 0 Å². The first-order chi connectivity index (χ1) is 9.36. The standard InChI is InChI=1S/C15H20N2O2S/c1-15(2)11(8-12(15)19-3)17-14(18)10-6-4-9(5-7-10)13(16)20/h4-7,11-12H,8H2,1-3H3,(H2,16,20)(H,17,18). The number of hydrogen-bond donors (Lipinski definition) is 2. The molecule has 1 fully saturated rings. The Morgan fingerprint density at radius 3 is 2.35 bits per heavy atom. The van der Waals surface area contributed by atoms with Crippen molar-refractivity contribution in [2.75, 3.05) is 7.11 Å². The van der Waals surface area contributed by atoms with E-state index in [0.717, 1.165) is 12.0 Å². The third-order valence-electron chi connectivity index (χ3n) is 4.20. The zero-order valence-electron chi connectivity index (χ0n) is 12.0. The van der Waals surface area contributed by atoms with Gasteiger partial charge in [0.1, 0.15) is 4.99 Å². The molecule has 1 aromatic rings. The fraction of sp³-hybridized carbons (Fsp3) is 0.467. The lowest BCUT2D eigenvalue weighted by atomic mass is 9.64. The Bertz CT molecular complexity index is 525. The molecule has 4 nitrogen and oxygen atoms in total. The highest BCUT2D eigenvalue weighted by molar-refractivity contribution is 7.80. The zero-order valence-corrected chi connectivity index (χ0v) is 12.8. The number of nitrogens with one attached hydrogen (secondary N) is 1. The van der Waals surface area contributed by atoms with Crippen molar-refractivity contribution < 1.29 is 9.53 Å². The molecule has 0 bridgehead atoms. The van der Waals surface area contributed by atoms with E-state index in [1.54, 1.807) is 31.4 Å². The Balaban J connectivity index is 2.01. The second kappa shape index (κ2) is 5.50. The van der Waals surface area contributed by atoms with Gasteiger partial charge in [0.2, 0.25) is 0 Å². The molecular weight excluding hydrogens is 272 g/mol. The predicted molar refractivity (Wildman–Crippen MR) is 82.8 cm³/mol. The molecule has 1 aromatic carbocycles. The number of nitrogens with two attached hydrogens (primary N) is 1. The van der Waals surface area contributed by atoms with E-state index in [1.807, 2.05) is 0 Å². The van der Waals surface area contributed by atoms with Gasteiger partial charge in [0.15, 0.2) is 0 Å². The number of methoxy groups -OCH3 is 1. The SMILES string of the molecule is COC1CC(NC(=O)c2ccc(C(N)=S)cc2)C1(C)C. The van der Waals surface area contributed by atoms with Crippen LogP contribution in [0.3, 0.4) is 0 Å². The molecule has 2 atom stereocenters. The van der Waals surface area contributed by atoms with Crippen LogP contribution in [0.2, 0.25) is 0 Å². The van der Waals surface area contributed by atoms with E-state index in [4.69, 9.17) is 22.7 Å². The van der Waals surface area contributed by atoms with Gasteiger partial charge in [0, 0.05) is 29.7 Å². The van der Waals surface area contributed by atoms with E-state index in [0.29, 0.717) is 10.6 Å². The van der Waals surface area contributed by atoms with Gasteiger partial charge in [-0.2, -0.15) is 0 Å². The van der Waals surface area contributed by atoms with Crippen LogP contribution in [0.4, 0.5) is 0 Å². The molecule has 1 amide bonds. The van der Waals surface area contributed by atoms with Crippen molar-refractivity contribution in [1.29, 1.82) is 0 Å². The van der Waals surface area contributed by atoms with Gasteiger partial charge in [-0.1, -0.05) is 38.2 Å². The molecular formula is C15H20N2O2S. The summed E-state index contributed by atoms with van der Waals surface area (Å²) in [6, 6.07) is 7.14. The first-order valence-electron chi connectivity index (χ1n) is 6.59. The molecule has 1 aliphatic carbocycles. The van der Waals surface area contributed by atoms with Crippen LogP contribution in [0.15, 0.2) is 24.3 Å². The van der Waals surface area contributed by atoms with Gasteiger partial charge in [0.05, 0.1) is 6.10 Å². The summed E-state index contributed by atoms with van der Waals surface area (Å²) < 4.78 is 5.38. The molecule has 0 radical (unpaired) electrons. The molecule has 2 rings (SSSR count). The van der Waals surface area contributed by atoms with Gasteiger partial charge in [-0.3, -0.25) is 4.79 Å². The number of amides is 1. The number of carbonyl (C=O) groups excluding carboxylic acids is 1. The molecule has 5 heteroatoms. The highest BCUT2D eigenvalue weighted by atomic mass is 32.1. The maximum absolute atomic E-state index is 12.2. The Morgan fingerprint density at radius 2 is 1.90 bits per heavy atom. The number of rotatable bonds is 4. The minimum absolute atomic E-state index is 0.0385. The third kappa shape index (κ3) is 2.69. The van der Waals surface area contributed by atoms with Crippen molar-refractivity contribution in [3.05, 3.63) is 35.4 Å². The third-order valence-corrected chi connectivity index (χ3v) is 4.43. The summed E-state index contributed by atoms with van der Waals surface area (Å²) in [6.45, 7) is 4.21. The van der Waals surface area contributed by atoms with Gasteiger partial charge >= 0.3 is 0 Å². The van der Waals surface area contributed by atoms with Crippen LogP contribution < -0.4 is 11.1 Å². The van der Waals surface area contributed by atoms with Gasteiger partial charge in [-0.25, -0.2) is 0 Å². The van der Waals surface area contributed by atoms with Crippen molar-refractivity contribution in [1.82, 2.24) is 5.32 Å². The van der Waals surface area contributed by atoms with Gasteiger partial charge in [-0.05, 0) is 18.6 Å². The minimum atomic E-state index is -0.0767. The minimum Gasteiger partial charge on any atom is -0.389 e. The fourth-order valence-electron chi connectivity index (χ4n) is 2.56. The quantitative estimate of drug-likeness (QED) is 0.832. The number of thiocarbonyl (C=S) groups is 1. The summed E-state index contributed by atoms with van der Waals surface area (Å²) >= 11 is 4.89. The molecule has 0 heterocycles. The lowest BCUT2D eigenvalue weighted by Crippen LogP contribution is -2.61. The summed E-state index contributed by atoms with van der Waals surface area (Å²) in [7, 11) is 1.71. The van der Waals surface area contributed by atoms with Gasteiger partial charge in [0.25, 0.3) is 5.91 Å². The average Bonchev–Trinajstić information content (AvgIpc) is 2.42. The van der Waals surface area contributed by atoms with E-state index in [2.05, 4.69) is 19.2 Å². The smallest absolute Gasteiger partial charge is 0.251 e. The largest absolute Gasteiger partial charge is 0.389 e. The molecule has 0 aromatic heterocycles. The topological polar surface area (TPSA) is 64.3 Å². The molecule has 3 N–H and O–H groups in total. The Labute approximate surface area is 124 Å². The van der Waals surface area contributed by atoms with E-state index in [1.165, 1.54) is 0 Å². The monoisotopic (exact) mass is 292 g/mol. The molecule has 2 unspecified atom stereocenters. The Hall–Kier alpha value is -1.46. The predicted octanol–water partition coefficient (Wildman–Crippen LogP) is 1.86. The molecule has 108 valence electrons. The maximum Gasteiger partial charge on any atom is 0.251 e. The molecule has 0 spiro atoms. The lowest BCUT2D eigenvalue weighted by molar-refractivity contribution is -0.0942. The van der Waals surface area contributed by atoms with E-state index in [-0.39, 0.29) is 23.5 Å². The Kier molecular flexibility index (Phi) is 4.11. The van der Waals surface area contributed by atoms with Crippen molar-refractivity contribution in [2.45, 2.75) is 32.4 Å². The summed E-state index contributed by atoms with van der Waals surface area (Å²) in [5.74, 6) is -0.0767. The summed E-state index contributed by atoms with van der Waals surface area (Å²) in [6.07, 6.45) is 1.05. The average molecular weight is 292 g/mol. The first-order valence-corrected chi connectivity index (χ1v) is 7.00. The number of benzene rings is 1. The van der Waals surface area contributed by atoms with Crippen molar-refractivity contribution >= 4 is 23.1 Å². The molecule has 1 aliphatic rings. The Morgan fingerprint density at radius 1 is 1.35 bits per heavy atom. The number of ether oxygens (including phenoxy) is 1. The molecule has 0 saturated heterocycles. The van der Waals surface area contributed by atoms with Crippen LogP contribution in [-0.2, 0) is 4.74 Å². The number of hydrogen-bond acceptors (Lipinski definition) is 3. The summed E-state index contributed by atoms with van der Waals surface area (Å²) in [5, 5.41) is 3.05. The maximum atomic E-state index is 12.2. The van der Waals surface area contributed by atoms with E-state index in [9.17, 15) is 4.79 Å². The summed E-state index contributed by atoms with van der Waals surface area (Å²) in [4.78, 5) is 12.5. The van der Waals surface area contributed by atoms with Gasteiger partial charge < -0.3 is 15.8 Å². The molecule has 0 aliphatic heterocycles. The number of carbonyl (C=O) groups is 1. The van der Waals surface area contributed by atoms with Crippen LogP contribution in [0.5, 0.6) is 0 Å². The van der Waals surface area contributed by atoms with Crippen molar-refractivity contribution in [2.24, 2.45) is 11.1 Å². The highest BCUT2D eigenvalue weighted by Gasteiger charge is 2.49. The van der Waals surface area contributed by atoms with Crippen LogP contribution >= 0.6 is 12.2 Å².